The molecule has 1 heterocycles. The van der Waals surface area contributed by atoms with Crippen molar-refractivity contribution in [3.05, 3.63) is 34.3 Å². The molecule has 2 rings (SSSR count). The molecule has 0 aliphatic carbocycles. The highest BCUT2D eigenvalue weighted by Crippen LogP contribution is 2.18. The summed E-state index contributed by atoms with van der Waals surface area (Å²) in [5.41, 5.74) is 0.756. The van der Waals surface area contributed by atoms with Gasteiger partial charge >= 0.3 is 0 Å². The molecule has 0 atom stereocenters. The van der Waals surface area contributed by atoms with Crippen LogP contribution in [-0.2, 0) is 0 Å². The molecule has 0 unspecified atom stereocenters. The Bertz CT molecular complexity index is 400. The second-order valence-electron chi connectivity index (χ2n) is 4.34. The van der Waals surface area contributed by atoms with Crippen molar-refractivity contribution in [3.63, 3.8) is 0 Å². The molecule has 1 aromatic carbocycles. The third-order valence-corrected chi connectivity index (χ3v) is 3.44. The number of likely N-dealkylation sites (tertiary alicyclic amines) is 1. The smallest absolute Gasteiger partial charge is 0.254 e. The number of benzene rings is 1. The van der Waals surface area contributed by atoms with Crippen LogP contribution in [-0.4, -0.2) is 48.9 Å². The van der Waals surface area contributed by atoms with Crippen LogP contribution in [0.3, 0.4) is 0 Å². The van der Waals surface area contributed by atoms with Gasteiger partial charge in [-0.25, -0.2) is 0 Å². The van der Waals surface area contributed by atoms with Crippen molar-refractivity contribution in [3.8, 4) is 0 Å². The molecule has 1 saturated heterocycles. The quantitative estimate of drug-likeness (QED) is 0.827. The number of rotatable bonds is 2. The van der Waals surface area contributed by atoms with Crippen LogP contribution in [0.1, 0.15) is 10.4 Å². The van der Waals surface area contributed by atoms with Gasteiger partial charge in [-0.05, 0) is 32.3 Å². The Morgan fingerprint density at radius 2 is 2.12 bits per heavy atom. The maximum Gasteiger partial charge on any atom is 0.254 e. The molecule has 0 N–H and O–H groups in total. The number of amides is 1. The van der Waals surface area contributed by atoms with E-state index >= 15 is 0 Å². The number of carbonyl (C=O) groups excluding carboxylic acids is 1. The number of halogens is 1. The van der Waals surface area contributed by atoms with Crippen LogP contribution in [0.2, 0.25) is 0 Å². The summed E-state index contributed by atoms with van der Waals surface area (Å²) in [5.74, 6) is 0.124. The molecule has 86 valence electrons. The highest BCUT2D eigenvalue weighted by molar-refractivity contribution is 9.10. The van der Waals surface area contributed by atoms with Gasteiger partial charge in [-0.1, -0.05) is 22.0 Å². The summed E-state index contributed by atoms with van der Waals surface area (Å²) in [6.07, 6.45) is 0. The van der Waals surface area contributed by atoms with Gasteiger partial charge in [0.2, 0.25) is 0 Å². The molecular formula is C12H15BrN2O. The van der Waals surface area contributed by atoms with Gasteiger partial charge in [0.05, 0.1) is 0 Å². The van der Waals surface area contributed by atoms with Crippen molar-refractivity contribution in [1.29, 1.82) is 0 Å². The van der Waals surface area contributed by atoms with Crippen LogP contribution in [0, 0.1) is 0 Å². The van der Waals surface area contributed by atoms with E-state index in [-0.39, 0.29) is 5.91 Å². The fourth-order valence-corrected chi connectivity index (χ4v) is 2.15. The predicted octanol–water partition coefficient (Wildman–Crippen LogP) is 1.84. The summed E-state index contributed by atoms with van der Waals surface area (Å²) >= 11 is 3.38. The molecule has 0 radical (unpaired) electrons. The lowest BCUT2D eigenvalue weighted by Crippen LogP contribution is -2.59. The van der Waals surface area contributed by atoms with Crippen LogP contribution in [0.25, 0.3) is 0 Å². The lowest BCUT2D eigenvalue weighted by molar-refractivity contribution is 0.0399. The van der Waals surface area contributed by atoms with Gasteiger partial charge in [0.15, 0.2) is 0 Å². The second-order valence-corrected chi connectivity index (χ2v) is 5.25. The highest BCUT2D eigenvalue weighted by atomic mass is 79.9. The standard InChI is InChI=1S/C12H15BrN2O/c1-14(2)11-7-15(8-11)12(16)9-4-3-5-10(13)6-9/h3-6,11H,7-8H2,1-2H3. The maximum absolute atomic E-state index is 12.0. The van der Waals surface area contributed by atoms with Gasteiger partial charge in [-0.15, -0.1) is 0 Å². The third kappa shape index (κ3) is 2.28. The summed E-state index contributed by atoms with van der Waals surface area (Å²) in [4.78, 5) is 16.1. The molecule has 4 heteroatoms. The number of hydrogen-bond acceptors (Lipinski definition) is 2. The van der Waals surface area contributed by atoms with Gasteiger partial charge in [-0.3, -0.25) is 4.79 Å². The minimum absolute atomic E-state index is 0.124. The molecule has 1 aromatic rings. The number of hydrogen-bond donors (Lipinski definition) is 0. The molecule has 0 bridgehead atoms. The van der Waals surface area contributed by atoms with Crippen molar-refractivity contribution in [2.75, 3.05) is 27.2 Å². The zero-order valence-electron chi connectivity index (χ0n) is 9.48. The van der Waals surface area contributed by atoms with E-state index in [2.05, 4.69) is 20.8 Å². The summed E-state index contributed by atoms with van der Waals surface area (Å²) < 4.78 is 0.947. The van der Waals surface area contributed by atoms with Crippen molar-refractivity contribution in [2.24, 2.45) is 0 Å². The first-order valence-electron chi connectivity index (χ1n) is 5.29. The summed E-state index contributed by atoms with van der Waals surface area (Å²) in [5, 5.41) is 0. The first-order chi connectivity index (χ1) is 7.58. The molecule has 1 aliphatic heterocycles. The van der Waals surface area contributed by atoms with E-state index < -0.39 is 0 Å². The van der Waals surface area contributed by atoms with Crippen molar-refractivity contribution in [1.82, 2.24) is 9.80 Å². The summed E-state index contributed by atoms with van der Waals surface area (Å²) in [6, 6.07) is 8.05. The molecule has 0 aromatic heterocycles. The average molecular weight is 283 g/mol. The highest BCUT2D eigenvalue weighted by Gasteiger charge is 2.32. The zero-order valence-corrected chi connectivity index (χ0v) is 11.1. The number of likely N-dealkylation sites (N-methyl/N-ethyl adjacent to an activating group) is 1. The molecular weight excluding hydrogens is 268 g/mol. The number of carbonyl (C=O) groups is 1. The Morgan fingerprint density at radius 3 is 2.69 bits per heavy atom. The lowest BCUT2D eigenvalue weighted by Gasteiger charge is -2.42. The minimum Gasteiger partial charge on any atom is -0.335 e. The molecule has 1 fully saturated rings. The van der Waals surface area contributed by atoms with Gasteiger partial charge in [0, 0.05) is 29.2 Å². The van der Waals surface area contributed by atoms with E-state index in [0.29, 0.717) is 6.04 Å². The van der Waals surface area contributed by atoms with Crippen molar-refractivity contribution >= 4 is 21.8 Å². The fourth-order valence-electron chi connectivity index (χ4n) is 1.75. The Kier molecular flexibility index (Phi) is 3.30. The molecule has 16 heavy (non-hydrogen) atoms. The van der Waals surface area contributed by atoms with Gasteiger partial charge in [-0.2, -0.15) is 0 Å². The van der Waals surface area contributed by atoms with E-state index in [9.17, 15) is 4.79 Å². The zero-order chi connectivity index (χ0) is 11.7. The average Bonchev–Trinajstić information content (AvgIpc) is 2.14. The molecule has 0 saturated carbocycles. The van der Waals surface area contributed by atoms with E-state index in [1.807, 2.05) is 43.3 Å². The molecule has 0 spiro atoms. The molecule has 3 nitrogen and oxygen atoms in total. The van der Waals surface area contributed by atoms with E-state index in [1.165, 1.54) is 0 Å². The van der Waals surface area contributed by atoms with Gasteiger partial charge in [0.1, 0.15) is 0 Å². The molecule has 1 aliphatic rings. The van der Waals surface area contributed by atoms with Crippen LogP contribution in [0.15, 0.2) is 28.7 Å². The van der Waals surface area contributed by atoms with Crippen molar-refractivity contribution in [2.45, 2.75) is 6.04 Å². The van der Waals surface area contributed by atoms with E-state index in [4.69, 9.17) is 0 Å². The number of nitrogens with zero attached hydrogens (tertiary/aromatic N) is 2. The Morgan fingerprint density at radius 1 is 1.44 bits per heavy atom. The summed E-state index contributed by atoms with van der Waals surface area (Å²) in [7, 11) is 4.09. The second kappa shape index (κ2) is 4.55. The van der Waals surface area contributed by atoms with Crippen LogP contribution in [0.4, 0.5) is 0 Å². The van der Waals surface area contributed by atoms with Gasteiger partial charge < -0.3 is 9.80 Å². The Labute approximate surface area is 104 Å². The largest absolute Gasteiger partial charge is 0.335 e. The minimum atomic E-state index is 0.124. The van der Waals surface area contributed by atoms with Crippen LogP contribution < -0.4 is 0 Å². The Balaban J connectivity index is 2.00. The first-order valence-corrected chi connectivity index (χ1v) is 6.08. The SMILES string of the molecule is CN(C)C1CN(C(=O)c2cccc(Br)c2)C1. The monoisotopic (exact) mass is 282 g/mol. The first kappa shape index (κ1) is 11.6. The maximum atomic E-state index is 12.0. The van der Waals surface area contributed by atoms with Crippen LogP contribution in [0.5, 0.6) is 0 Å². The fraction of sp³-hybridized carbons (Fsp3) is 0.417. The lowest BCUT2D eigenvalue weighted by atomic mass is 10.1. The van der Waals surface area contributed by atoms with E-state index in [1.54, 1.807) is 0 Å². The predicted molar refractivity (Wildman–Crippen MR) is 67.5 cm³/mol. The molecule has 1 amide bonds. The topological polar surface area (TPSA) is 23.6 Å². The van der Waals surface area contributed by atoms with Crippen molar-refractivity contribution < 1.29 is 4.79 Å². The van der Waals surface area contributed by atoms with Crippen LogP contribution >= 0.6 is 15.9 Å². The van der Waals surface area contributed by atoms with E-state index in [0.717, 1.165) is 23.1 Å². The van der Waals surface area contributed by atoms with Gasteiger partial charge in [0.25, 0.3) is 5.91 Å². The Hall–Kier alpha value is -0.870. The third-order valence-electron chi connectivity index (χ3n) is 2.95. The normalized spacial score (nSPS) is 16.4. The summed E-state index contributed by atoms with van der Waals surface area (Å²) in [6.45, 7) is 1.66.